The number of carbonyl (C=O) groups excluding carboxylic acids is 1. The van der Waals surface area contributed by atoms with E-state index in [1.807, 2.05) is 55.5 Å². The monoisotopic (exact) mass is 339 g/mol. The van der Waals surface area contributed by atoms with E-state index in [2.05, 4.69) is 0 Å². The molecule has 0 bridgehead atoms. The molecule has 0 N–H and O–H groups in total. The minimum Gasteiger partial charge on any atom is -0.493 e. The van der Waals surface area contributed by atoms with Crippen LogP contribution < -0.4 is 4.74 Å². The summed E-state index contributed by atoms with van der Waals surface area (Å²) in [7, 11) is 1.41. The molecule has 2 aliphatic rings. The number of fused-ring (bicyclic) bond motifs is 3. The quantitative estimate of drug-likeness (QED) is 0.804. The summed E-state index contributed by atoms with van der Waals surface area (Å²) < 4.78 is 10.9. The lowest BCUT2D eigenvalue weighted by molar-refractivity contribution is -0.190. The molecule has 2 heterocycles. The number of hydrogen-bond acceptors (Lipinski definition) is 5. The molecule has 0 unspecified atom stereocenters. The Morgan fingerprint density at radius 1 is 1.16 bits per heavy atom. The summed E-state index contributed by atoms with van der Waals surface area (Å²) >= 11 is 0. The number of para-hydroxylation sites is 1. The third-order valence-corrected chi connectivity index (χ3v) is 4.92. The van der Waals surface area contributed by atoms with Crippen LogP contribution >= 0.6 is 0 Å². The van der Waals surface area contributed by atoms with Crippen molar-refractivity contribution in [1.82, 2.24) is 5.06 Å². The van der Waals surface area contributed by atoms with E-state index in [0.29, 0.717) is 13.2 Å². The lowest BCUT2D eigenvalue weighted by Crippen LogP contribution is -2.37. The Hall–Kier alpha value is -2.37. The fourth-order valence-electron chi connectivity index (χ4n) is 3.63. The van der Waals surface area contributed by atoms with Crippen LogP contribution in [0.25, 0.3) is 0 Å². The Kier molecular flexibility index (Phi) is 4.19. The van der Waals surface area contributed by atoms with Crippen molar-refractivity contribution >= 4 is 5.97 Å². The standard InChI is InChI=1S/C20H21NO4/c1-13-7-9-14(10-8-13)19(20(22)23-2)21-18-15(12-25-21)11-24-17-6-4-3-5-16(17)18/h3-10,15,18-19H,11-12H2,1-2H3/t15-,18+,19-/m0/s1. The van der Waals surface area contributed by atoms with Gasteiger partial charge in [0.25, 0.3) is 0 Å². The number of nitrogens with zero attached hydrogens (tertiary/aromatic N) is 1. The van der Waals surface area contributed by atoms with E-state index in [1.165, 1.54) is 7.11 Å². The third kappa shape index (κ3) is 2.79. The van der Waals surface area contributed by atoms with Gasteiger partial charge in [-0.15, -0.1) is 0 Å². The molecule has 5 nitrogen and oxygen atoms in total. The van der Waals surface area contributed by atoms with Crippen LogP contribution in [0.1, 0.15) is 28.8 Å². The molecule has 130 valence electrons. The number of hydrogen-bond donors (Lipinski definition) is 0. The van der Waals surface area contributed by atoms with Crippen LogP contribution in [0.4, 0.5) is 0 Å². The Morgan fingerprint density at radius 2 is 1.92 bits per heavy atom. The van der Waals surface area contributed by atoms with Gasteiger partial charge in [0, 0.05) is 11.5 Å². The molecular weight excluding hydrogens is 318 g/mol. The highest BCUT2D eigenvalue weighted by Crippen LogP contribution is 2.47. The maximum Gasteiger partial charge on any atom is 0.330 e. The number of aryl methyl sites for hydroxylation is 1. The van der Waals surface area contributed by atoms with Crippen molar-refractivity contribution in [2.24, 2.45) is 5.92 Å². The summed E-state index contributed by atoms with van der Waals surface area (Å²) in [6, 6.07) is 15.2. The molecule has 25 heavy (non-hydrogen) atoms. The minimum atomic E-state index is -0.605. The second-order valence-corrected chi connectivity index (χ2v) is 6.55. The molecule has 0 amide bonds. The molecule has 2 aliphatic heterocycles. The van der Waals surface area contributed by atoms with Gasteiger partial charge < -0.3 is 9.47 Å². The molecule has 2 aromatic rings. The Balaban J connectivity index is 1.75. The molecule has 0 aliphatic carbocycles. The summed E-state index contributed by atoms with van der Waals surface area (Å²) in [6.07, 6.45) is 0. The van der Waals surface area contributed by atoms with Gasteiger partial charge in [-0.3, -0.25) is 4.84 Å². The zero-order chi connectivity index (χ0) is 17.4. The average Bonchev–Trinajstić information content (AvgIpc) is 3.07. The molecule has 0 saturated carbocycles. The molecule has 5 heteroatoms. The van der Waals surface area contributed by atoms with Gasteiger partial charge in [-0.25, -0.2) is 4.79 Å². The first-order chi connectivity index (χ1) is 12.2. The van der Waals surface area contributed by atoms with Gasteiger partial charge in [0.2, 0.25) is 0 Å². The van der Waals surface area contributed by atoms with E-state index >= 15 is 0 Å². The lowest BCUT2D eigenvalue weighted by atomic mass is 9.90. The first-order valence-corrected chi connectivity index (χ1v) is 8.46. The van der Waals surface area contributed by atoms with Crippen LogP contribution in [0.15, 0.2) is 48.5 Å². The molecule has 1 saturated heterocycles. The summed E-state index contributed by atoms with van der Waals surface area (Å²) in [6.45, 7) is 3.13. The van der Waals surface area contributed by atoms with Crippen molar-refractivity contribution in [3.63, 3.8) is 0 Å². The fraction of sp³-hybridized carbons (Fsp3) is 0.350. The number of esters is 1. The topological polar surface area (TPSA) is 48.0 Å². The summed E-state index contributed by atoms with van der Waals surface area (Å²) in [4.78, 5) is 18.6. The number of ether oxygens (including phenoxy) is 2. The Labute approximate surface area is 147 Å². The zero-order valence-electron chi connectivity index (χ0n) is 14.3. The van der Waals surface area contributed by atoms with E-state index in [4.69, 9.17) is 14.3 Å². The molecule has 2 aromatic carbocycles. The van der Waals surface area contributed by atoms with Gasteiger partial charge in [0.15, 0.2) is 6.04 Å². The summed E-state index contributed by atoms with van der Waals surface area (Å²) in [5, 5.41) is 1.79. The number of methoxy groups -OCH3 is 1. The SMILES string of the molecule is COC(=O)[C@H](c1ccc(C)cc1)N1OC[C@@H]2COc3ccccc3[C@@H]21. The lowest BCUT2D eigenvalue weighted by Gasteiger charge is -2.34. The van der Waals surface area contributed by atoms with Crippen LogP contribution in [0.3, 0.4) is 0 Å². The largest absolute Gasteiger partial charge is 0.493 e. The highest BCUT2D eigenvalue weighted by atomic mass is 16.7. The van der Waals surface area contributed by atoms with Gasteiger partial charge in [-0.1, -0.05) is 48.0 Å². The third-order valence-electron chi connectivity index (χ3n) is 4.92. The van der Waals surface area contributed by atoms with E-state index in [-0.39, 0.29) is 17.9 Å². The van der Waals surface area contributed by atoms with Crippen molar-refractivity contribution in [2.45, 2.75) is 19.0 Å². The van der Waals surface area contributed by atoms with Gasteiger partial charge in [0.1, 0.15) is 5.75 Å². The second kappa shape index (κ2) is 6.50. The van der Waals surface area contributed by atoms with E-state index in [1.54, 1.807) is 5.06 Å². The predicted octanol–water partition coefficient (Wildman–Crippen LogP) is 3.21. The smallest absolute Gasteiger partial charge is 0.330 e. The van der Waals surface area contributed by atoms with Crippen molar-refractivity contribution < 1.29 is 19.1 Å². The van der Waals surface area contributed by atoms with Crippen LogP contribution in [0.5, 0.6) is 5.75 Å². The first-order valence-electron chi connectivity index (χ1n) is 8.46. The zero-order valence-corrected chi connectivity index (χ0v) is 14.3. The Bertz CT molecular complexity index is 774. The van der Waals surface area contributed by atoms with E-state index < -0.39 is 6.04 Å². The molecule has 4 rings (SSSR count). The highest BCUT2D eigenvalue weighted by molar-refractivity contribution is 5.77. The maximum atomic E-state index is 12.6. The van der Waals surface area contributed by atoms with Gasteiger partial charge in [-0.2, -0.15) is 5.06 Å². The van der Waals surface area contributed by atoms with Crippen LogP contribution in [-0.4, -0.2) is 31.4 Å². The first kappa shape index (κ1) is 16.1. The minimum absolute atomic E-state index is 0.0321. The normalized spacial score (nSPS) is 23.3. The number of rotatable bonds is 3. The van der Waals surface area contributed by atoms with E-state index in [9.17, 15) is 4.79 Å². The summed E-state index contributed by atoms with van der Waals surface area (Å²) in [5.41, 5.74) is 3.06. The number of carbonyl (C=O) groups is 1. The average molecular weight is 339 g/mol. The highest BCUT2D eigenvalue weighted by Gasteiger charge is 2.47. The fourth-order valence-corrected chi connectivity index (χ4v) is 3.63. The van der Waals surface area contributed by atoms with Crippen molar-refractivity contribution in [1.29, 1.82) is 0 Å². The molecule has 1 fully saturated rings. The van der Waals surface area contributed by atoms with Gasteiger partial charge >= 0.3 is 5.97 Å². The Morgan fingerprint density at radius 3 is 2.68 bits per heavy atom. The van der Waals surface area contributed by atoms with Crippen molar-refractivity contribution in [3.05, 3.63) is 65.2 Å². The number of benzene rings is 2. The molecule has 0 aromatic heterocycles. The van der Waals surface area contributed by atoms with Gasteiger partial charge in [-0.05, 0) is 18.6 Å². The van der Waals surface area contributed by atoms with Crippen molar-refractivity contribution in [3.8, 4) is 5.75 Å². The van der Waals surface area contributed by atoms with Crippen LogP contribution in [-0.2, 0) is 14.4 Å². The van der Waals surface area contributed by atoms with Crippen LogP contribution in [0, 0.1) is 12.8 Å². The maximum absolute atomic E-state index is 12.6. The molecule has 0 radical (unpaired) electrons. The molecular formula is C20H21NO4. The molecule has 3 atom stereocenters. The van der Waals surface area contributed by atoms with E-state index in [0.717, 1.165) is 22.4 Å². The molecule has 0 spiro atoms. The second-order valence-electron chi connectivity index (χ2n) is 6.55. The van der Waals surface area contributed by atoms with Crippen LogP contribution in [0.2, 0.25) is 0 Å². The number of hydroxylamine groups is 2. The summed E-state index contributed by atoms with van der Waals surface area (Å²) in [5.74, 6) is 0.716. The predicted molar refractivity (Wildman–Crippen MR) is 91.9 cm³/mol. The van der Waals surface area contributed by atoms with Crippen molar-refractivity contribution in [2.75, 3.05) is 20.3 Å². The van der Waals surface area contributed by atoms with Gasteiger partial charge in [0.05, 0.1) is 26.4 Å².